The van der Waals surface area contributed by atoms with Crippen LogP contribution in [0.25, 0.3) is 0 Å². The van der Waals surface area contributed by atoms with Gasteiger partial charge in [0.2, 0.25) is 0 Å². The van der Waals surface area contributed by atoms with Crippen molar-refractivity contribution in [1.82, 2.24) is 4.98 Å². The van der Waals surface area contributed by atoms with E-state index in [-0.39, 0.29) is 5.69 Å². The number of urea groups is 1. The lowest BCUT2D eigenvalue weighted by Crippen LogP contribution is -2.24. The summed E-state index contributed by atoms with van der Waals surface area (Å²) in [6.45, 7) is 0. The summed E-state index contributed by atoms with van der Waals surface area (Å²) in [5, 5.41) is 14.3. The zero-order valence-electron chi connectivity index (χ0n) is 13.4. The van der Waals surface area contributed by atoms with E-state index >= 15 is 0 Å². The molecule has 1 unspecified atom stereocenters. The van der Waals surface area contributed by atoms with Crippen LogP contribution in [0.3, 0.4) is 0 Å². The highest BCUT2D eigenvalue weighted by Crippen LogP contribution is 2.36. The molecule has 1 aliphatic rings. The van der Waals surface area contributed by atoms with E-state index in [1.165, 1.54) is 12.3 Å². The number of aliphatic hydroxyl groups is 1. The van der Waals surface area contributed by atoms with E-state index < -0.39 is 28.9 Å². The molecule has 2 amide bonds. The van der Waals surface area contributed by atoms with Gasteiger partial charge in [-0.05, 0) is 42.2 Å². The van der Waals surface area contributed by atoms with Crippen molar-refractivity contribution < 1.29 is 23.1 Å². The average Bonchev–Trinajstić information content (AvgIpc) is 2.56. The summed E-state index contributed by atoms with van der Waals surface area (Å²) in [6.07, 6.45) is -0.351. The number of aryl methyl sites for hydroxylation is 1. The molecule has 0 fully saturated rings. The number of hydrogen-bond acceptors (Lipinski definition) is 3. The molecule has 0 radical (unpaired) electrons. The summed E-state index contributed by atoms with van der Waals surface area (Å²) in [6, 6.07) is 2.41. The van der Waals surface area contributed by atoms with Crippen LogP contribution < -0.4 is 10.6 Å². The lowest BCUT2D eigenvalue weighted by atomic mass is 9.90. The number of alkyl halides is 3. The Balaban J connectivity index is 1.77. The molecule has 9 heteroatoms. The average molecular weight is 386 g/mol. The van der Waals surface area contributed by atoms with Crippen molar-refractivity contribution in [2.75, 3.05) is 10.6 Å². The minimum Gasteiger partial charge on any atom is -0.393 e. The Kier molecular flexibility index (Phi) is 5.06. The van der Waals surface area contributed by atoms with Crippen molar-refractivity contribution in [3.63, 3.8) is 0 Å². The van der Waals surface area contributed by atoms with Gasteiger partial charge in [-0.3, -0.25) is 4.98 Å². The first kappa shape index (κ1) is 18.5. The quantitative estimate of drug-likeness (QED) is 0.723. The zero-order chi connectivity index (χ0) is 18.9. The Bertz CT molecular complexity index is 842. The number of amides is 2. The van der Waals surface area contributed by atoms with Crippen LogP contribution in [-0.2, 0) is 19.0 Å². The second kappa shape index (κ2) is 7.13. The molecule has 26 heavy (non-hydrogen) atoms. The normalized spacial score (nSPS) is 16.7. The molecule has 1 heterocycles. The number of nitrogens with zero attached hydrogens (tertiary/aromatic N) is 1. The Hall–Kier alpha value is -2.32. The van der Waals surface area contributed by atoms with Crippen molar-refractivity contribution in [1.29, 1.82) is 0 Å². The summed E-state index contributed by atoms with van der Waals surface area (Å²) in [7, 11) is 0. The van der Waals surface area contributed by atoms with Gasteiger partial charge in [0.15, 0.2) is 0 Å². The Morgan fingerprint density at radius 3 is 2.77 bits per heavy atom. The van der Waals surface area contributed by atoms with Crippen molar-refractivity contribution in [3.8, 4) is 0 Å². The number of halogens is 4. The molecule has 0 saturated carbocycles. The first-order valence-corrected chi connectivity index (χ1v) is 8.20. The number of hydrogen-bond donors (Lipinski definition) is 3. The molecule has 3 N–H and O–H groups in total. The van der Waals surface area contributed by atoms with Gasteiger partial charge in [0.1, 0.15) is 0 Å². The first-order valence-electron chi connectivity index (χ1n) is 7.82. The number of pyridine rings is 1. The van der Waals surface area contributed by atoms with Crippen molar-refractivity contribution in [2.24, 2.45) is 0 Å². The minimum atomic E-state index is -4.62. The summed E-state index contributed by atoms with van der Waals surface area (Å²) in [4.78, 5) is 16.2. The van der Waals surface area contributed by atoms with E-state index in [0.29, 0.717) is 24.9 Å². The van der Waals surface area contributed by atoms with Crippen LogP contribution in [0.1, 0.15) is 23.1 Å². The highest BCUT2D eigenvalue weighted by Gasteiger charge is 2.33. The van der Waals surface area contributed by atoms with Gasteiger partial charge in [-0.1, -0.05) is 11.6 Å². The maximum absolute atomic E-state index is 12.9. The number of rotatable bonds is 2. The van der Waals surface area contributed by atoms with Gasteiger partial charge in [0.25, 0.3) is 0 Å². The number of aromatic nitrogens is 1. The number of benzene rings is 1. The minimum absolute atomic E-state index is 0.0444. The van der Waals surface area contributed by atoms with E-state index in [2.05, 4.69) is 15.6 Å². The lowest BCUT2D eigenvalue weighted by molar-refractivity contribution is -0.137. The standard InChI is InChI=1S/C17H15ClF3N3O2/c18-14-4-2-10(5-13(14)17(19,20)21)23-16(26)24-15-8-22-7-9-1-3-11(25)6-12(9)15/h2,4-5,7-8,11,25H,1,3,6H2,(H2,23,24,26). The fourth-order valence-electron chi connectivity index (χ4n) is 2.86. The molecule has 1 aromatic heterocycles. The monoisotopic (exact) mass is 385 g/mol. The molecule has 1 atom stereocenters. The van der Waals surface area contributed by atoms with E-state index in [1.807, 2.05) is 0 Å². The molecule has 3 rings (SSSR count). The number of carbonyl (C=O) groups excluding carboxylic acids is 1. The van der Waals surface area contributed by atoms with Crippen molar-refractivity contribution >= 4 is 29.0 Å². The third-order valence-electron chi connectivity index (χ3n) is 4.11. The number of aliphatic hydroxyl groups excluding tert-OH is 1. The highest BCUT2D eigenvalue weighted by molar-refractivity contribution is 6.31. The van der Waals surface area contributed by atoms with Crippen LogP contribution in [0.2, 0.25) is 5.02 Å². The number of carbonyl (C=O) groups is 1. The van der Waals surface area contributed by atoms with Crippen LogP contribution in [0.15, 0.2) is 30.6 Å². The number of fused-ring (bicyclic) bond motifs is 1. The van der Waals surface area contributed by atoms with Crippen LogP contribution in [0.5, 0.6) is 0 Å². The largest absolute Gasteiger partial charge is 0.417 e. The predicted octanol–water partition coefficient (Wildman–Crippen LogP) is 4.25. The summed E-state index contributed by atoms with van der Waals surface area (Å²) in [5.41, 5.74) is 1.06. The summed E-state index contributed by atoms with van der Waals surface area (Å²) in [5.74, 6) is 0. The molecular formula is C17H15ClF3N3O2. The Morgan fingerprint density at radius 1 is 1.27 bits per heavy atom. The Labute approximate surface area is 152 Å². The third kappa shape index (κ3) is 4.08. The van der Waals surface area contributed by atoms with Gasteiger partial charge < -0.3 is 15.7 Å². The molecule has 1 aliphatic carbocycles. The second-order valence-corrected chi connectivity index (χ2v) is 6.40. The molecule has 0 aliphatic heterocycles. The lowest BCUT2D eigenvalue weighted by Gasteiger charge is -2.23. The fourth-order valence-corrected chi connectivity index (χ4v) is 3.08. The smallest absolute Gasteiger partial charge is 0.393 e. The number of nitrogens with one attached hydrogen (secondary N) is 2. The molecular weight excluding hydrogens is 371 g/mol. The molecule has 1 aromatic carbocycles. The van der Waals surface area contributed by atoms with Gasteiger partial charge in [0, 0.05) is 18.3 Å². The molecule has 0 saturated heterocycles. The predicted molar refractivity (Wildman–Crippen MR) is 91.4 cm³/mol. The summed E-state index contributed by atoms with van der Waals surface area (Å²) >= 11 is 5.56. The molecule has 2 aromatic rings. The van der Waals surface area contributed by atoms with Crippen molar-refractivity contribution in [3.05, 3.63) is 52.3 Å². The maximum atomic E-state index is 12.9. The Morgan fingerprint density at radius 2 is 2.04 bits per heavy atom. The first-order chi connectivity index (χ1) is 12.2. The second-order valence-electron chi connectivity index (χ2n) is 5.99. The van der Waals surface area contributed by atoms with E-state index in [4.69, 9.17) is 11.6 Å². The van der Waals surface area contributed by atoms with Gasteiger partial charge in [-0.25, -0.2) is 4.79 Å². The van der Waals surface area contributed by atoms with E-state index in [0.717, 1.165) is 23.3 Å². The highest BCUT2D eigenvalue weighted by atomic mass is 35.5. The van der Waals surface area contributed by atoms with Gasteiger partial charge in [0.05, 0.1) is 28.6 Å². The van der Waals surface area contributed by atoms with Gasteiger partial charge in [-0.15, -0.1) is 0 Å². The van der Waals surface area contributed by atoms with Crippen LogP contribution in [0, 0.1) is 0 Å². The SMILES string of the molecule is O=C(Nc1ccc(Cl)c(C(F)(F)F)c1)Nc1cncc2c1CC(O)CC2. The molecule has 0 spiro atoms. The van der Waals surface area contributed by atoms with Crippen molar-refractivity contribution in [2.45, 2.75) is 31.5 Å². The zero-order valence-corrected chi connectivity index (χ0v) is 14.2. The topological polar surface area (TPSA) is 74.2 Å². The summed E-state index contributed by atoms with van der Waals surface area (Å²) < 4.78 is 38.7. The van der Waals surface area contributed by atoms with Gasteiger partial charge >= 0.3 is 12.2 Å². The van der Waals surface area contributed by atoms with Gasteiger partial charge in [-0.2, -0.15) is 13.2 Å². The number of anilines is 2. The van der Waals surface area contributed by atoms with E-state index in [1.54, 1.807) is 6.20 Å². The van der Waals surface area contributed by atoms with E-state index in [9.17, 15) is 23.1 Å². The molecule has 0 bridgehead atoms. The van der Waals surface area contributed by atoms with Crippen LogP contribution in [0.4, 0.5) is 29.3 Å². The van der Waals surface area contributed by atoms with Crippen LogP contribution >= 0.6 is 11.6 Å². The molecule has 138 valence electrons. The van der Waals surface area contributed by atoms with Crippen LogP contribution in [-0.4, -0.2) is 22.2 Å². The maximum Gasteiger partial charge on any atom is 0.417 e. The fraction of sp³-hybridized carbons (Fsp3) is 0.294. The third-order valence-corrected chi connectivity index (χ3v) is 4.44. The molecule has 5 nitrogen and oxygen atoms in total.